The Morgan fingerprint density at radius 1 is 1.19 bits per heavy atom. The van der Waals surface area contributed by atoms with Gasteiger partial charge in [0, 0.05) is 13.1 Å². The molecule has 172 valence electrons. The number of morpholine rings is 1. The molecule has 0 atom stereocenters. The number of imide groups is 1. The fourth-order valence-electron chi connectivity index (χ4n) is 3.07. The first-order chi connectivity index (χ1) is 15.4. The molecule has 1 aromatic rings. The summed E-state index contributed by atoms with van der Waals surface area (Å²) >= 11 is 0.772. The molecule has 2 aliphatic heterocycles. The average Bonchev–Trinajstić information content (AvgIpc) is 3.06. The highest BCUT2D eigenvalue weighted by molar-refractivity contribution is 8.18. The number of benzene rings is 1. The predicted octanol–water partition coefficient (Wildman–Crippen LogP) is 1.53. The summed E-state index contributed by atoms with van der Waals surface area (Å²) in [5, 5.41) is -0.496. The van der Waals surface area contributed by atoms with E-state index in [4.69, 9.17) is 18.9 Å². The highest BCUT2D eigenvalue weighted by atomic mass is 32.2. The zero-order chi connectivity index (χ0) is 23.1. The third-order valence-electron chi connectivity index (χ3n) is 4.67. The monoisotopic (exact) mass is 464 g/mol. The molecule has 0 bridgehead atoms. The van der Waals surface area contributed by atoms with E-state index in [0.717, 1.165) is 16.7 Å². The van der Waals surface area contributed by atoms with E-state index in [-0.39, 0.29) is 30.6 Å². The third-order valence-corrected chi connectivity index (χ3v) is 5.57. The van der Waals surface area contributed by atoms with Crippen molar-refractivity contribution in [2.75, 3.05) is 53.2 Å². The molecule has 0 N–H and O–H groups in total. The van der Waals surface area contributed by atoms with Crippen molar-refractivity contribution in [3.8, 4) is 11.5 Å². The van der Waals surface area contributed by atoms with Crippen LogP contribution >= 0.6 is 11.8 Å². The Kier molecular flexibility index (Phi) is 8.12. The minimum absolute atomic E-state index is 0.201. The zero-order valence-corrected chi connectivity index (χ0v) is 18.6. The Morgan fingerprint density at radius 2 is 1.94 bits per heavy atom. The van der Waals surface area contributed by atoms with Crippen LogP contribution in [0.3, 0.4) is 0 Å². The molecule has 2 saturated heterocycles. The topological polar surface area (TPSA) is 112 Å². The highest BCUT2D eigenvalue weighted by Gasteiger charge is 2.37. The van der Waals surface area contributed by atoms with Gasteiger partial charge in [-0.25, -0.2) is 4.79 Å². The molecule has 1 aromatic carbocycles. The Bertz CT molecular complexity index is 926. The van der Waals surface area contributed by atoms with Gasteiger partial charge in [0.05, 0.1) is 31.8 Å². The summed E-state index contributed by atoms with van der Waals surface area (Å²) < 4.78 is 20.8. The lowest BCUT2D eigenvalue weighted by Gasteiger charge is -2.28. The molecule has 0 radical (unpaired) electrons. The molecular formula is C21H24N2O8S. The number of amides is 3. The molecule has 3 amide bonds. The van der Waals surface area contributed by atoms with Crippen molar-refractivity contribution in [3.05, 3.63) is 28.7 Å². The molecule has 10 nitrogen and oxygen atoms in total. The van der Waals surface area contributed by atoms with Crippen molar-refractivity contribution in [1.29, 1.82) is 0 Å². The number of esters is 1. The van der Waals surface area contributed by atoms with Crippen LogP contribution in [0.25, 0.3) is 6.08 Å². The van der Waals surface area contributed by atoms with Crippen LogP contribution in [-0.4, -0.2) is 86.0 Å². The first kappa shape index (κ1) is 23.6. The van der Waals surface area contributed by atoms with Gasteiger partial charge in [0.2, 0.25) is 5.91 Å². The van der Waals surface area contributed by atoms with Gasteiger partial charge in [-0.2, -0.15) is 0 Å². The van der Waals surface area contributed by atoms with Crippen molar-refractivity contribution in [2.45, 2.75) is 6.92 Å². The van der Waals surface area contributed by atoms with E-state index in [9.17, 15) is 19.2 Å². The van der Waals surface area contributed by atoms with Gasteiger partial charge < -0.3 is 23.8 Å². The second kappa shape index (κ2) is 11.0. The number of methoxy groups -OCH3 is 1. The van der Waals surface area contributed by atoms with Crippen molar-refractivity contribution >= 4 is 40.9 Å². The van der Waals surface area contributed by atoms with Gasteiger partial charge in [-0.1, -0.05) is 6.07 Å². The number of rotatable bonds is 8. The molecule has 2 heterocycles. The quantitative estimate of drug-likeness (QED) is 0.418. The second-order valence-electron chi connectivity index (χ2n) is 6.77. The molecule has 11 heteroatoms. The van der Waals surface area contributed by atoms with Crippen molar-refractivity contribution in [2.24, 2.45) is 0 Å². The molecular weight excluding hydrogens is 440 g/mol. The average molecular weight is 464 g/mol. The van der Waals surface area contributed by atoms with Gasteiger partial charge in [0.1, 0.15) is 6.54 Å². The fourth-order valence-corrected chi connectivity index (χ4v) is 3.91. The lowest BCUT2D eigenvalue weighted by molar-refractivity contribution is -0.145. The van der Waals surface area contributed by atoms with Crippen LogP contribution in [0.2, 0.25) is 0 Å². The van der Waals surface area contributed by atoms with Gasteiger partial charge >= 0.3 is 5.97 Å². The van der Waals surface area contributed by atoms with E-state index < -0.39 is 17.1 Å². The Labute approximate surface area is 189 Å². The summed E-state index contributed by atoms with van der Waals surface area (Å²) in [6.07, 6.45) is 1.54. The largest absolute Gasteiger partial charge is 0.493 e. The minimum Gasteiger partial charge on any atom is -0.493 e. The van der Waals surface area contributed by atoms with Crippen molar-refractivity contribution in [3.63, 3.8) is 0 Å². The van der Waals surface area contributed by atoms with Gasteiger partial charge in [-0.05, 0) is 42.5 Å². The van der Waals surface area contributed by atoms with Crippen LogP contribution in [0.1, 0.15) is 12.5 Å². The normalized spacial score (nSPS) is 17.6. The van der Waals surface area contributed by atoms with E-state index in [1.54, 1.807) is 36.1 Å². The number of thioether (sulfide) groups is 1. The number of carbonyl (C=O) groups is 4. The first-order valence-corrected chi connectivity index (χ1v) is 10.8. The fraction of sp³-hybridized carbons (Fsp3) is 0.429. The maximum absolute atomic E-state index is 12.7. The van der Waals surface area contributed by atoms with Gasteiger partial charge in [-0.15, -0.1) is 0 Å². The van der Waals surface area contributed by atoms with E-state index in [1.165, 1.54) is 7.11 Å². The molecule has 0 aromatic heterocycles. The van der Waals surface area contributed by atoms with E-state index in [1.807, 2.05) is 0 Å². The number of carbonyl (C=O) groups excluding carboxylic acids is 4. The van der Waals surface area contributed by atoms with Crippen molar-refractivity contribution in [1.82, 2.24) is 9.80 Å². The molecule has 2 aliphatic rings. The lowest BCUT2D eigenvalue weighted by Crippen LogP contribution is -2.46. The summed E-state index contributed by atoms with van der Waals surface area (Å²) in [4.78, 5) is 51.7. The van der Waals surface area contributed by atoms with Gasteiger partial charge in [0.25, 0.3) is 11.1 Å². The SMILES string of the molecule is CCOC(=O)COc1ccc(/C=C2\SC(=O)N(CC(=O)N3CCOCC3)C2=O)cc1OC. The summed E-state index contributed by atoms with van der Waals surface area (Å²) in [5.41, 5.74) is 0.593. The van der Waals surface area contributed by atoms with Crippen LogP contribution in [0.15, 0.2) is 23.1 Å². The number of hydrogen-bond acceptors (Lipinski definition) is 9. The van der Waals surface area contributed by atoms with Crippen molar-refractivity contribution < 1.29 is 38.1 Å². The second-order valence-corrected chi connectivity index (χ2v) is 7.76. The molecule has 0 aliphatic carbocycles. The number of hydrogen-bond donors (Lipinski definition) is 0. The number of nitrogens with zero attached hydrogens (tertiary/aromatic N) is 2. The van der Waals surface area contributed by atoms with Crippen LogP contribution in [-0.2, 0) is 23.9 Å². The van der Waals surface area contributed by atoms with E-state index in [2.05, 4.69) is 0 Å². The molecule has 0 unspecified atom stereocenters. The van der Waals surface area contributed by atoms with Crippen LogP contribution < -0.4 is 9.47 Å². The molecule has 0 spiro atoms. The standard InChI is InChI=1S/C21H24N2O8S/c1-3-30-19(25)13-31-15-5-4-14(10-16(15)28-2)11-17-20(26)23(21(27)32-17)12-18(24)22-6-8-29-9-7-22/h4-5,10-11H,3,6-9,12-13H2,1-2H3/b17-11-. The van der Waals surface area contributed by atoms with Crippen LogP contribution in [0.4, 0.5) is 4.79 Å². The van der Waals surface area contributed by atoms with E-state index >= 15 is 0 Å². The maximum atomic E-state index is 12.7. The lowest BCUT2D eigenvalue weighted by atomic mass is 10.2. The molecule has 2 fully saturated rings. The maximum Gasteiger partial charge on any atom is 0.344 e. The third kappa shape index (κ3) is 5.80. The summed E-state index contributed by atoms with van der Waals surface area (Å²) in [6.45, 7) is 3.15. The minimum atomic E-state index is -0.525. The molecule has 32 heavy (non-hydrogen) atoms. The van der Waals surface area contributed by atoms with Crippen LogP contribution in [0, 0.1) is 0 Å². The zero-order valence-electron chi connectivity index (χ0n) is 17.8. The molecule has 3 rings (SSSR count). The summed E-state index contributed by atoms with van der Waals surface area (Å²) in [7, 11) is 1.45. The highest BCUT2D eigenvalue weighted by Crippen LogP contribution is 2.34. The predicted molar refractivity (Wildman–Crippen MR) is 115 cm³/mol. The Hall–Kier alpha value is -3.05. The summed E-state index contributed by atoms with van der Waals surface area (Å²) in [5.74, 6) is -0.629. The summed E-state index contributed by atoms with van der Waals surface area (Å²) in [6, 6.07) is 4.87. The van der Waals surface area contributed by atoms with Gasteiger partial charge in [0.15, 0.2) is 18.1 Å². The number of ether oxygens (including phenoxy) is 4. The van der Waals surface area contributed by atoms with E-state index in [0.29, 0.717) is 43.4 Å². The van der Waals surface area contributed by atoms with Gasteiger partial charge in [-0.3, -0.25) is 19.3 Å². The first-order valence-electron chi connectivity index (χ1n) is 10.00. The Balaban J connectivity index is 1.68. The molecule has 0 saturated carbocycles. The van der Waals surface area contributed by atoms with Crippen LogP contribution in [0.5, 0.6) is 11.5 Å². The Morgan fingerprint density at radius 3 is 2.62 bits per heavy atom. The smallest absolute Gasteiger partial charge is 0.344 e.